The van der Waals surface area contributed by atoms with Crippen molar-refractivity contribution in [2.75, 3.05) is 0 Å². The van der Waals surface area contributed by atoms with E-state index in [1.165, 1.54) is 23.1 Å². The number of furan rings is 1. The Morgan fingerprint density at radius 3 is 2.63 bits per heavy atom. The Hall–Kier alpha value is -3.26. The summed E-state index contributed by atoms with van der Waals surface area (Å²) in [4.78, 5) is 16.2. The molecule has 0 aliphatic rings. The van der Waals surface area contributed by atoms with Gasteiger partial charge in [-0.05, 0) is 17.2 Å². The molecule has 4 aromatic rings. The number of carbonyl (C=O) groups excluding carboxylic acids is 1. The highest BCUT2D eigenvalue weighted by Gasteiger charge is 2.38. The molecule has 3 heterocycles. The zero-order chi connectivity index (χ0) is 21.3. The third kappa shape index (κ3) is 3.91. The predicted molar refractivity (Wildman–Crippen MR) is 105 cm³/mol. The van der Waals surface area contributed by atoms with Gasteiger partial charge in [-0.1, -0.05) is 41.9 Å². The van der Waals surface area contributed by atoms with Gasteiger partial charge in [-0.25, -0.2) is 4.98 Å². The van der Waals surface area contributed by atoms with Gasteiger partial charge in [0, 0.05) is 23.9 Å². The van der Waals surface area contributed by atoms with Gasteiger partial charge < -0.3 is 9.73 Å². The average molecular weight is 434 g/mol. The van der Waals surface area contributed by atoms with E-state index in [1.807, 2.05) is 6.07 Å². The monoisotopic (exact) mass is 433 g/mol. The molecule has 1 aromatic carbocycles. The summed E-state index contributed by atoms with van der Waals surface area (Å²) in [7, 11) is 0. The molecule has 3 aromatic heterocycles. The Balaban J connectivity index is 1.77. The number of hydrogen-bond acceptors (Lipinski definition) is 3. The number of nitrogens with zero attached hydrogens (tertiary/aromatic N) is 2. The first-order valence-electron chi connectivity index (χ1n) is 8.93. The molecule has 0 spiro atoms. The minimum Gasteiger partial charge on any atom is -0.472 e. The van der Waals surface area contributed by atoms with Crippen LogP contribution in [0.5, 0.6) is 0 Å². The fraction of sp³-hybridized carbons (Fsp3) is 0.143. The lowest BCUT2D eigenvalue weighted by Gasteiger charge is -2.18. The molecular weight excluding hydrogens is 419 g/mol. The molecule has 0 unspecified atom stereocenters. The highest BCUT2D eigenvalue weighted by molar-refractivity contribution is 6.29. The van der Waals surface area contributed by atoms with Crippen LogP contribution < -0.4 is 5.32 Å². The van der Waals surface area contributed by atoms with E-state index in [2.05, 4.69) is 10.3 Å². The number of carbonyl (C=O) groups is 1. The molecule has 5 nitrogen and oxygen atoms in total. The predicted octanol–water partition coefficient (Wildman–Crippen LogP) is 5.13. The zero-order valence-electron chi connectivity index (χ0n) is 15.4. The number of benzene rings is 1. The van der Waals surface area contributed by atoms with Gasteiger partial charge in [0.05, 0.1) is 25.1 Å². The minimum absolute atomic E-state index is 0.0416. The summed E-state index contributed by atoms with van der Waals surface area (Å²) in [6.45, 7) is -0.331. The molecule has 0 bridgehead atoms. The highest BCUT2D eigenvalue weighted by atomic mass is 35.5. The van der Waals surface area contributed by atoms with E-state index < -0.39 is 17.6 Å². The standard InChI is InChI=1S/C21H15ClF3N3O2/c22-17-10-27-20-19(21(23,24)25)15(16(11-28(17)20)14-6-7-30-12-14)9-26-18(29)8-13-4-2-1-3-5-13/h1-7,10-12H,8-9H2,(H,26,29). The quantitative estimate of drug-likeness (QED) is 0.475. The first-order chi connectivity index (χ1) is 14.3. The number of amides is 1. The molecule has 0 saturated heterocycles. The fourth-order valence-corrected chi connectivity index (χ4v) is 3.48. The third-order valence-corrected chi connectivity index (χ3v) is 4.93. The van der Waals surface area contributed by atoms with Crippen molar-refractivity contribution in [2.45, 2.75) is 19.1 Å². The average Bonchev–Trinajstić information content (AvgIpc) is 3.35. The first-order valence-corrected chi connectivity index (χ1v) is 9.31. The van der Waals surface area contributed by atoms with Crippen LogP contribution in [0.1, 0.15) is 16.7 Å². The van der Waals surface area contributed by atoms with Gasteiger partial charge in [0.2, 0.25) is 5.91 Å². The molecule has 0 atom stereocenters. The molecule has 0 aliphatic heterocycles. The molecular formula is C21H15ClF3N3O2. The van der Waals surface area contributed by atoms with Crippen LogP contribution in [-0.4, -0.2) is 15.3 Å². The second-order valence-corrected chi connectivity index (χ2v) is 7.01. The van der Waals surface area contributed by atoms with Crippen LogP contribution in [0.2, 0.25) is 5.15 Å². The lowest BCUT2D eigenvalue weighted by Crippen LogP contribution is -2.27. The van der Waals surface area contributed by atoms with Crippen molar-refractivity contribution < 1.29 is 22.4 Å². The van der Waals surface area contributed by atoms with Crippen molar-refractivity contribution in [1.82, 2.24) is 14.7 Å². The van der Waals surface area contributed by atoms with Crippen molar-refractivity contribution in [3.05, 3.63) is 83.2 Å². The van der Waals surface area contributed by atoms with Crippen molar-refractivity contribution >= 4 is 23.2 Å². The van der Waals surface area contributed by atoms with E-state index in [9.17, 15) is 18.0 Å². The van der Waals surface area contributed by atoms with E-state index in [0.29, 0.717) is 5.56 Å². The Labute approximate surface area is 174 Å². The van der Waals surface area contributed by atoms with E-state index in [-0.39, 0.29) is 34.9 Å². The third-order valence-electron chi connectivity index (χ3n) is 4.65. The fourth-order valence-electron chi connectivity index (χ4n) is 3.30. The summed E-state index contributed by atoms with van der Waals surface area (Å²) < 4.78 is 48.4. The summed E-state index contributed by atoms with van der Waals surface area (Å²) in [5, 5.41) is 2.64. The number of pyridine rings is 1. The van der Waals surface area contributed by atoms with Crippen LogP contribution in [0.3, 0.4) is 0 Å². The van der Waals surface area contributed by atoms with E-state index in [1.54, 1.807) is 30.3 Å². The van der Waals surface area contributed by atoms with Gasteiger partial charge in [0.15, 0.2) is 5.65 Å². The Morgan fingerprint density at radius 2 is 1.97 bits per heavy atom. The number of halogens is 4. The van der Waals surface area contributed by atoms with E-state index in [0.717, 1.165) is 11.8 Å². The molecule has 1 amide bonds. The maximum atomic E-state index is 14.0. The van der Waals surface area contributed by atoms with Crippen molar-refractivity contribution in [1.29, 1.82) is 0 Å². The second-order valence-electron chi connectivity index (χ2n) is 6.62. The van der Waals surface area contributed by atoms with Gasteiger partial charge in [-0.2, -0.15) is 13.2 Å². The molecule has 0 radical (unpaired) electrons. The van der Waals surface area contributed by atoms with Crippen molar-refractivity contribution in [3.63, 3.8) is 0 Å². The first kappa shape index (κ1) is 20.0. The highest BCUT2D eigenvalue weighted by Crippen LogP contribution is 2.40. The van der Waals surface area contributed by atoms with Gasteiger partial charge in [0.1, 0.15) is 10.7 Å². The maximum Gasteiger partial charge on any atom is 0.420 e. The Morgan fingerprint density at radius 1 is 1.20 bits per heavy atom. The van der Waals surface area contributed by atoms with Crippen LogP contribution >= 0.6 is 11.6 Å². The number of hydrogen-bond donors (Lipinski definition) is 1. The Kier molecular flexibility index (Phi) is 5.26. The van der Waals surface area contributed by atoms with Crippen molar-refractivity contribution in [2.24, 2.45) is 0 Å². The number of nitrogens with one attached hydrogen (secondary N) is 1. The van der Waals surface area contributed by atoms with Crippen molar-refractivity contribution in [3.8, 4) is 11.1 Å². The molecule has 0 fully saturated rings. The molecule has 4 rings (SSSR count). The summed E-state index contributed by atoms with van der Waals surface area (Å²) >= 11 is 6.04. The summed E-state index contributed by atoms with van der Waals surface area (Å²) in [5.41, 5.74) is 0.0415. The summed E-state index contributed by atoms with van der Waals surface area (Å²) in [6, 6.07) is 10.5. The number of imidazole rings is 1. The van der Waals surface area contributed by atoms with Crippen LogP contribution in [0, 0.1) is 0 Å². The van der Waals surface area contributed by atoms with Gasteiger partial charge in [-0.3, -0.25) is 9.20 Å². The normalized spacial score (nSPS) is 11.7. The van der Waals surface area contributed by atoms with Crippen LogP contribution in [0.25, 0.3) is 16.8 Å². The molecule has 0 saturated carbocycles. The molecule has 30 heavy (non-hydrogen) atoms. The molecule has 0 aliphatic carbocycles. The van der Waals surface area contributed by atoms with Gasteiger partial charge in [-0.15, -0.1) is 0 Å². The van der Waals surface area contributed by atoms with Crippen LogP contribution in [-0.2, 0) is 23.9 Å². The molecule has 154 valence electrons. The number of aromatic nitrogens is 2. The lowest BCUT2D eigenvalue weighted by molar-refractivity contribution is -0.137. The number of rotatable bonds is 5. The van der Waals surface area contributed by atoms with Gasteiger partial charge in [0.25, 0.3) is 0 Å². The Bertz CT molecular complexity index is 1190. The van der Waals surface area contributed by atoms with Gasteiger partial charge >= 0.3 is 6.18 Å². The summed E-state index contributed by atoms with van der Waals surface area (Å²) in [5.74, 6) is -0.395. The topological polar surface area (TPSA) is 59.5 Å². The summed E-state index contributed by atoms with van der Waals surface area (Å²) in [6.07, 6.45) is 0.657. The molecule has 9 heteroatoms. The number of alkyl halides is 3. The van der Waals surface area contributed by atoms with E-state index in [4.69, 9.17) is 16.0 Å². The second kappa shape index (κ2) is 7.87. The maximum absolute atomic E-state index is 14.0. The zero-order valence-corrected chi connectivity index (χ0v) is 16.2. The largest absolute Gasteiger partial charge is 0.472 e. The molecule has 1 N–H and O–H groups in total. The van der Waals surface area contributed by atoms with Crippen LogP contribution in [0.15, 0.2) is 65.7 Å². The van der Waals surface area contributed by atoms with E-state index >= 15 is 0 Å². The minimum atomic E-state index is -4.71. The lowest BCUT2D eigenvalue weighted by atomic mass is 9.98. The smallest absolute Gasteiger partial charge is 0.420 e. The SMILES string of the molecule is O=C(Cc1ccccc1)NCc1c(-c2ccoc2)cn2c(Cl)cnc2c1C(F)(F)F. The van der Waals surface area contributed by atoms with Crippen LogP contribution in [0.4, 0.5) is 13.2 Å². The number of fused-ring (bicyclic) bond motifs is 1.